The molecule has 3 rings (SSSR count). The Bertz CT molecular complexity index is 783. The summed E-state index contributed by atoms with van der Waals surface area (Å²) in [7, 11) is 1.65. The predicted molar refractivity (Wildman–Crippen MR) is 81.9 cm³/mol. The molecule has 0 amide bonds. The highest BCUT2D eigenvalue weighted by Crippen LogP contribution is 2.24. The van der Waals surface area contributed by atoms with Gasteiger partial charge in [-0.1, -0.05) is 29.8 Å². The van der Waals surface area contributed by atoms with Gasteiger partial charge in [-0.05, 0) is 18.2 Å². The van der Waals surface area contributed by atoms with Crippen molar-refractivity contribution in [1.29, 1.82) is 0 Å². The first-order chi connectivity index (χ1) is 10.2. The van der Waals surface area contributed by atoms with Gasteiger partial charge in [0.15, 0.2) is 0 Å². The molecule has 2 heterocycles. The van der Waals surface area contributed by atoms with Crippen molar-refractivity contribution >= 4 is 17.2 Å². The number of para-hydroxylation sites is 1. The number of hydrogen-bond acceptors (Lipinski definition) is 3. The Labute approximate surface area is 127 Å². The summed E-state index contributed by atoms with van der Waals surface area (Å²) in [6, 6.07) is 11.4. The lowest BCUT2D eigenvalue weighted by Gasteiger charge is -2.07. The molecule has 108 valence electrons. The first kappa shape index (κ1) is 13.9. The van der Waals surface area contributed by atoms with Crippen molar-refractivity contribution in [3.05, 3.63) is 64.6 Å². The van der Waals surface area contributed by atoms with Gasteiger partial charge in [-0.3, -0.25) is 4.40 Å². The summed E-state index contributed by atoms with van der Waals surface area (Å²) in [5.74, 6) is 0.816. The number of imidazole rings is 1. The number of aliphatic hydroxyl groups excluding tert-OH is 1. The van der Waals surface area contributed by atoms with Crippen molar-refractivity contribution in [2.45, 2.75) is 13.0 Å². The maximum atomic E-state index is 9.67. The van der Waals surface area contributed by atoms with Crippen LogP contribution in [0.2, 0.25) is 5.02 Å². The number of aromatic nitrogens is 2. The highest BCUT2D eigenvalue weighted by molar-refractivity contribution is 6.30. The van der Waals surface area contributed by atoms with Crippen LogP contribution in [0.25, 0.3) is 5.65 Å². The summed E-state index contributed by atoms with van der Waals surface area (Å²) < 4.78 is 7.19. The first-order valence-corrected chi connectivity index (χ1v) is 6.99. The van der Waals surface area contributed by atoms with Gasteiger partial charge in [-0.25, -0.2) is 4.98 Å². The standard InChI is InChI=1S/C16H15ClN2O2/c1-21-15-5-3-2-4-11(15)8-13-14(10-20)19-9-12(17)6-7-16(19)18-13/h2-7,9,20H,8,10H2,1H3. The molecular weight excluding hydrogens is 288 g/mol. The van der Waals surface area contributed by atoms with Gasteiger partial charge in [0.2, 0.25) is 0 Å². The zero-order valence-corrected chi connectivity index (χ0v) is 12.3. The van der Waals surface area contributed by atoms with Crippen LogP contribution in [0.4, 0.5) is 0 Å². The molecule has 1 aromatic carbocycles. The molecule has 0 bridgehead atoms. The zero-order valence-electron chi connectivity index (χ0n) is 11.6. The number of benzene rings is 1. The number of pyridine rings is 1. The highest BCUT2D eigenvalue weighted by Gasteiger charge is 2.14. The second kappa shape index (κ2) is 5.76. The van der Waals surface area contributed by atoms with Crippen LogP contribution >= 0.6 is 11.6 Å². The Balaban J connectivity index is 2.08. The molecule has 0 saturated heterocycles. The Morgan fingerprint density at radius 1 is 1.24 bits per heavy atom. The summed E-state index contributed by atoms with van der Waals surface area (Å²) in [4.78, 5) is 4.58. The van der Waals surface area contributed by atoms with Crippen molar-refractivity contribution in [1.82, 2.24) is 9.38 Å². The van der Waals surface area contributed by atoms with Crippen LogP contribution < -0.4 is 4.74 Å². The van der Waals surface area contributed by atoms with Gasteiger partial charge in [-0.2, -0.15) is 0 Å². The number of nitrogens with zero attached hydrogens (tertiary/aromatic N) is 2. The van der Waals surface area contributed by atoms with Crippen LogP contribution in [0, 0.1) is 0 Å². The van der Waals surface area contributed by atoms with Gasteiger partial charge in [0, 0.05) is 18.2 Å². The summed E-state index contributed by atoms with van der Waals surface area (Å²) >= 11 is 6.01. The van der Waals surface area contributed by atoms with Gasteiger partial charge in [0.25, 0.3) is 0 Å². The molecule has 21 heavy (non-hydrogen) atoms. The average molecular weight is 303 g/mol. The summed E-state index contributed by atoms with van der Waals surface area (Å²) in [6.07, 6.45) is 2.36. The molecule has 0 radical (unpaired) electrons. The summed E-state index contributed by atoms with van der Waals surface area (Å²) in [5, 5.41) is 10.3. The molecule has 5 heteroatoms. The molecule has 0 atom stereocenters. The lowest BCUT2D eigenvalue weighted by Crippen LogP contribution is -1.99. The lowest BCUT2D eigenvalue weighted by molar-refractivity contribution is 0.274. The van der Waals surface area contributed by atoms with Gasteiger partial charge < -0.3 is 9.84 Å². The van der Waals surface area contributed by atoms with Crippen LogP contribution in [0.3, 0.4) is 0 Å². The van der Waals surface area contributed by atoms with E-state index in [4.69, 9.17) is 16.3 Å². The summed E-state index contributed by atoms with van der Waals surface area (Å²) in [5.41, 5.74) is 3.38. The van der Waals surface area contributed by atoms with Crippen LogP contribution in [-0.2, 0) is 13.0 Å². The van der Waals surface area contributed by atoms with Crippen molar-refractivity contribution in [2.75, 3.05) is 7.11 Å². The van der Waals surface area contributed by atoms with Gasteiger partial charge in [0.1, 0.15) is 11.4 Å². The van der Waals surface area contributed by atoms with Crippen LogP contribution in [0.1, 0.15) is 17.0 Å². The molecule has 0 aliphatic heterocycles. The normalized spacial score (nSPS) is 11.0. The van der Waals surface area contributed by atoms with Crippen LogP contribution in [0.15, 0.2) is 42.6 Å². The molecular formula is C16H15ClN2O2. The second-order valence-electron chi connectivity index (χ2n) is 4.73. The largest absolute Gasteiger partial charge is 0.496 e. The molecule has 0 saturated carbocycles. The van der Waals surface area contributed by atoms with E-state index in [0.29, 0.717) is 11.4 Å². The van der Waals surface area contributed by atoms with Gasteiger partial charge in [0.05, 0.1) is 30.1 Å². The number of hydrogen-bond donors (Lipinski definition) is 1. The second-order valence-corrected chi connectivity index (χ2v) is 5.16. The maximum Gasteiger partial charge on any atom is 0.137 e. The fraction of sp³-hybridized carbons (Fsp3) is 0.188. The quantitative estimate of drug-likeness (QED) is 0.805. The van der Waals surface area contributed by atoms with Crippen molar-refractivity contribution < 1.29 is 9.84 Å². The number of rotatable bonds is 4. The molecule has 0 fully saturated rings. The molecule has 0 unspecified atom stereocenters. The molecule has 0 aliphatic carbocycles. The van der Waals surface area contributed by atoms with Gasteiger partial charge >= 0.3 is 0 Å². The van der Waals surface area contributed by atoms with E-state index in [9.17, 15) is 5.11 Å². The minimum Gasteiger partial charge on any atom is -0.496 e. The molecule has 0 spiro atoms. The summed E-state index contributed by atoms with van der Waals surface area (Å²) in [6.45, 7) is -0.0913. The minimum atomic E-state index is -0.0913. The molecule has 0 aliphatic rings. The number of aliphatic hydroxyl groups is 1. The average Bonchev–Trinajstić information content (AvgIpc) is 2.84. The van der Waals surface area contributed by atoms with E-state index in [1.54, 1.807) is 19.4 Å². The Morgan fingerprint density at radius 3 is 2.81 bits per heavy atom. The Kier molecular flexibility index (Phi) is 3.82. The zero-order chi connectivity index (χ0) is 14.8. The molecule has 1 N–H and O–H groups in total. The van der Waals surface area contributed by atoms with E-state index >= 15 is 0 Å². The molecule has 3 aromatic rings. The maximum absolute atomic E-state index is 9.67. The van der Waals surface area contributed by atoms with E-state index in [2.05, 4.69) is 4.98 Å². The van der Waals surface area contributed by atoms with Crippen molar-refractivity contribution in [3.63, 3.8) is 0 Å². The number of ether oxygens (including phenoxy) is 1. The van der Waals surface area contributed by atoms with E-state index in [1.807, 2.05) is 34.7 Å². The van der Waals surface area contributed by atoms with E-state index < -0.39 is 0 Å². The monoisotopic (exact) mass is 302 g/mol. The number of methoxy groups -OCH3 is 1. The number of halogens is 1. The third kappa shape index (κ3) is 2.60. The fourth-order valence-corrected chi connectivity index (χ4v) is 2.62. The minimum absolute atomic E-state index is 0.0913. The smallest absolute Gasteiger partial charge is 0.137 e. The third-order valence-corrected chi connectivity index (χ3v) is 3.69. The first-order valence-electron chi connectivity index (χ1n) is 6.61. The predicted octanol–water partition coefficient (Wildman–Crippen LogP) is 3.08. The topological polar surface area (TPSA) is 46.8 Å². The van der Waals surface area contributed by atoms with E-state index in [1.165, 1.54) is 0 Å². The fourth-order valence-electron chi connectivity index (χ4n) is 2.45. The van der Waals surface area contributed by atoms with E-state index in [-0.39, 0.29) is 6.61 Å². The van der Waals surface area contributed by atoms with Crippen LogP contribution in [-0.4, -0.2) is 21.6 Å². The Hall–Kier alpha value is -2.04. The van der Waals surface area contributed by atoms with E-state index in [0.717, 1.165) is 28.3 Å². The van der Waals surface area contributed by atoms with Gasteiger partial charge in [-0.15, -0.1) is 0 Å². The van der Waals surface area contributed by atoms with Crippen molar-refractivity contribution in [3.8, 4) is 5.75 Å². The highest BCUT2D eigenvalue weighted by atomic mass is 35.5. The molecule has 2 aromatic heterocycles. The number of fused-ring (bicyclic) bond motifs is 1. The SMILES string of the molecule is COc1ccccc1Cc1nc2ccc(Cl)cn2c1CO. The lowest BCUT2D eigenvalue weighted by atomic mass is 10.1. The Morgan fingerprint density at radius 2 is 2.05 bits per heavy atom. The molecule has 4 nitrogen and oxygen atoms in total. The van der Waals surface area contributed by atoms with Crippen molar-refractivity contribution in [2.24, 2.45) is 0 Å². The third-order valence-electron chi connectivity index (χ3n) is 3.46. The van der Waals surface area contributed by atoms with Crippen LogP contribution in [0.5, 0.6) is 5.75 Å².